The van der Waals surface area contributed by atoms with Crippen LogP contribution >= 0.6 is 0 Å². The Hall–Kier alpha value is -2.10. The molecule has 2 atom stereocenters. The number of hydrogen-bond donors (Lipinski definition) is 1. The number of ether oxygens (including phenoxy) is 2. The third-order valence-electron chi connectivity index (χ3n) is 5.43. The molecule has 1 spiro atoms. The second-order valence-corrected chi connectivity index (χ2v) is 7.02. The highest BCUT2D eigenvalue weighted by Gasteiger charge is 2.59. The number of aliphatic hydroxyl groups excluding tert-OH is 1. The summed E-state index contributed by atoms with van der Waals surface area (Å²) in [5.74, 6) is 0.481. The van der Waals surface area contributed by atoms with Crippen LogP contribution in [0.2, 0.25) is 0 Å². The number of esters is 1. The van der Waals surface area contributed by atoms with Crippen LogP contribution in [0.3, 0.4) is 0 Å². The monoisotopic (exact) mass is 344 g/mol. The zero-order chi connectivity index (χ0) is 17.9. The Morgan fingerprint density at radius 1 is 1.44 bits per heavy atom. The second kappa shape index (κ2) is 7.42. The number of carbonyl (C=O) groups is 1. The molecule has 2 aliphatic rings. The minimum absolute atomic E-state index is 0.0652. The lowest BCUT2D eigenvalue weighted by atomic mass is 9.90. The molecule has 1 aromatic carbocycles. The van der Waals surface area contributed by atoms with E-state index in [2.05, 4.69) is 11.0 Å². The van der Waals surface area contributed by atoms with Gasteiger partial charge in [0.1, 0.15) is 24.5 Å². The van der Waals surface area contributed by atoms with E-state index in [0.717, 1.165) is 32.4 Å². The average Bonchev–Trinajstić information content (AvgIpc) is 3.35. The Balaban J connectivity index is 1.42. The Bertz CT molecular complexity index is 662. The number of piperidine rings is 1. The molecule has 0 radical (unpaired) electrons. The SMILES string of the molecule is COC(=O)C1CC12CCN(CC(O)COc1ccccc1C#N)CC2. The Morgan fingerprint density at radius 3 is 2.84 bits per heavy atom. The van der Waals surface area contributed by atoms with E-state index in [9.17, 15) is 9.90 Å². The zero-order valence-corrected chi connectivity index (χ0v) is 14.5. The van der Waals surface area contributed by atoms with Gasteiger partial charge in [-0.3, -0.25) is 4.79 Å². The largest absolute Gasteiger partial charge is 0.489 e. The van der Waals surface area contributed by atoms with Crippen molar-refractivity contribution in [1.82, 2.24) is 4.90 Å². The molecule has 2 unspecified atom stereocenters. The van der Waals surface area contributed by atoms with E-state index in [1.54, 1.807) is 24.3 Å². The van der Waals surface area contributed by atoms with Gasteiger partial charge in [0.15, 0.2) is 0 Å². The van der Waals surface area contributed by atoms with Crippen molar-refractivity contribution in [1.29, 1.82) is 5.26 Å². The van der Waals surface area contributed by atoms with Gasteiger partial charge in [-0.05, 0) is 49.9 Å². The van der Waals surface area contributed by atoms with Gasteiger partial charge < -0.3 is 19.5 Å². The molecule has 3 rings (SSSR count). The number of aliphatic hydroxyl groups is 1. The van der Waals surface area contributed by atoms with Crippen LogP contribution in [0.5, 0.6) is 5.75 Å². The van der Waals surface area contributed by atoms with Crippen LogP contribution in [0.15, 0.2) is 24.3 Å². The van der Waals surface area contributed by atoms with Crippen LogP contribution in [0.4, 0.5) is 0 Å². The van der Waals surface area contributed by atoms with Gasteiger partial charge in [-0.2, -0.15) is 5.26 Å². The van der Waals surface area contributed by atoms with Crippen LogP contribution in [0, 0.1) is 22.7 Å². The predicted octanol–water partition coefficient (Wildman–Crippen LogP) is 1.57. The van der Waals surface area contributed by atoms with Gasteiger partial charge >= 0.3 is 5.97 Å². The van der Waals surface area contributed by atoms with Crippen LogP contribution in [0.1, 0.15) is 24.8 Å². The van der Waals surface area contributed by atoms with Crippen molar-refractivity contribution in [3.05, 3.63) is 29.8 Å². The summed E-state index contributed by atoms with van der Waals surface area (Å²) in [5, 5.41) is 19.3. The fourth-order valence-electron chi connectivity index (χ4n) is 3.78. The zero-order valence-electron chi connectivity index (χ0n) is 14.5. The summed E-state index contributed by atoms with van der Waals surface area (Å²) in [5.41, 5.74) is 0.605. The number of carbonyl (C=O) groups excluding carboxylic acids is 1. The van der Waals surface area contributed by atoms with Crippen molar-refractivity contribution in [3.63, 3.8) is 0 Å². The molecule has 6 nitrogen and oxygen atoms in total. The van der Waals surface area contributed by atoms with Crippen molar-refractivity contribution in [2.75, 3.05) is 33.4 Å². The molecule has 1 aliphatic carbocycles. The number of benzene rings is 1. The summed E-state index contributed by atoms with van der Waals surface area (Å²) in [4.78, 5) is 13.9. The third kappa shape index (κ3) is 3.94. The fraction of sp³-hybridized carbons (Fsp3) is 0.579. The van der Waals surface area contributed by atoms with E-state index in [4.69, 9.17) is 14.7 Å². The van der Waals surface area contributed by atoms with Crippen molar-refractivity contribution < 1.29 is 19.4 Å². The van der Waals surface area contributed by atoms with Crippen LogP contribution < -0.4 is 4.74 Å². The average molecular weight is 344 g/mol. The van der Waals surface area contributed by atoms with Crippen LogP contribution in [-0.2, 0) is 9.53 Å². The van der Waals surface area contributed by atoms with Gasteiger partial charge in [0.2, 0.25) is 0 Å². The minimum Gasteiger partial charge on any atom is -0.489 e. The highest BCUT2D eigenvalue weighted by atomic mass is 16.5. The number of nitriles is 1. The lowest BCUT2D eigenvalue weighted by Crippen LogP contribution is -2.41. The standard InChI is InChI=1S/C19H24N2O4/c1-24-18(23)16-10-19(16)6-8-21(9-7-19)12-15(22)13-25-17-5-3-2-4-14(17)11-20/h2-5,15-16,22H,6-10,12-13H2,1H3. The molecule has 0 amide bonds. The fourth-order valence-corrected chi connectivity index (χ4v) is 3.78. The number of rotatable bonds is 6. The first kappa shape index (κ1) is 17.7. The van der Waals surface area contributed by atoms with Crippen LogP contribution in [0.25, 0.3) is 0 Å². The third-order valence-corrected chi connectivity index (χ3v) is 5.43. The van der Waals surface area contributed by atoms with Crippen molar-refractivity contribution in [2.45, 2.75) is 25.4 Å². The molecule has 1 aromatic rings. The van der Waals surface area contributed by atoms with Gasteiger partial charge in [0, 0.05) is 6.54 Å². The first-order chi connectivity index (χ1) is 12.1. The number of hydrogen-bond acceptors (Lipinski definition) is 6. The van der Waals surface area contributed by atoms with Crippen molar-refractivity contribution in [3.8, 4) is 11.8 Å². The van der Waals surface area contributed by atoms with Gasteiger partial charge in [-0.1, -0.05) is 12.1 Å². The Labute approximate surface area is 147 Å². The molecule has 1 aliphatic heterocycles. The quantitative estimate of drug-likeness (QED) is 0.789. The lowest BCUT2D eigenvalue weighted by Gasteiger charge is -2.33. The van der Waals surface area contributed by atoms with Gasteiger partial charge in [-0.15, -0.1) is 0 Å². The summed E-state index contributed by atoms with van der Waals surface area (Å²) in [6, 6.07) is 9.09. The maximum absolute atomic E-state index is 11.7. The first-order valence-corrected chi connectivity index (χ1v) is 8.68. The molecule has 2 fully saturated rings. The molecule has 1 heterocycles. The molecule has 0 aromatic heterocycles. The number of methoxy groups -OCH3 is 1. The topological polar surface area (TPSA) is 82.8 Å². The first-order valence-electron chi connectivity index (χ1n) is 8.68. The van der Waals surface area contributed by atoms with Crippen molar-refractivity contribution in [2.24, 2.45) is 11.3 Å². The number of nitrogens with zero attached hydrogens (tertiary/aromatic N) is 2. The lowest BCUT2D eigenvalue weighted by molar-refractivity contribution is -0.143. The van der Waals surface area contributed by atoms with Gasteiger partial charge in [-0.25, -0.2) is 0 Å². The minimum atomic E-state index is -0.614. The van der Waals surface area contributed by atoms with Crippen molar-refractivity contribution >= 4 is 5.97 Å². The predicted molar refractivity (Wildman–Crippen MR) is 90.9 cm³/mol. The van der Waals surface area contributed by atoms with E-state index < -0.39 is 6.10 Å². The maximum Gasteiger partial charge on any atom is 0.309 e. The molecule has 1 saturated carbocycles. The summed E-state index contributed by atoms with van der Waals surface area (Å²) >= 11 is 0. The highest BCUT2D eigenvalue weighted by Crippen LogP contribution is 2.59. The number of β-amino-alcohol motifs (C(OH)–C–C–N with tert-alkyl or cyclic N) is 1. The molecular weight excluding hydrogens is 320 g/mol. The number of para-hydroxylation sites is 1. The maximum atomic E-state index is 11.7. The van der Waals surface area contributed by atoms with E-state index in [0.29, 0.717) is 17.9 Å². The Kier molecular flexibility index (Phi) is 5.26. The van der Waals surface area contributed by atoms with E-state index in [-0.39, 0.29) is 23.9 Å². The normalized spacial score (nSPS) is 22.8. The molecule has 1 N–H and O–H groups in total. The summed E-state index contributed by atoms with van der Waals surface area (Å²) < 4.78 is 10.4. The summed E-state index contributed by atoms with van der Waals surface area (Å²) in [6.07, 6.45) is 2.26. The Morgan fingerprint density at radius 2 is 2.16 bits per heavy atom. The second-order valence-electron chi connectivity index (χ2n) is 7.02. The smallest absolute Gasteiger partial charge is 0.309 e. The molecule has 0 bridgehead atoms. The van der Waals surface area contributed by atoms with E-state index >= 15 is 0 Å². The van der Waals surface area contributed by atoms with Crippen LogP contribution in [-0.4, -0.2) is 55.4 Å². The molecule has 6 heteroatoms. The molecule has 134 valence electrons. The van der Waals surface area contributed by atoms with Gasteiger partial charge in [0.25, 0.3) is 0 Å². The molecule has 1 saturated heterocycles. The van der Waals surface area contributed by atoms with E-state index in [1.807, 2.05) is 0 Å². The molecular formula is C19H24N2O4. The number of likely N-dealkylation sites (tertiary alicyclic amines) is 1. The summed E-state index contributed by atoms with van der Waals surface area (Å²) in [6.45, 7) is 2.44. The highest BCUT2D eigenvalue weighted by molar-refractivity contribution is 5.76. The molecule has 25 heavy (non-hydrogen) atoms. The van der Waals surface area contributed by atoms with E-state index in [1.165, 1.54) is 7.11 Å². The summed E-state index contributed by atoms with van der Waals surface area (Å²) in [7, 11) is 1.45. The van der Waals surface area contributed by atoms with Gasteiger partial charge in [0.05, 0.1) is 18.6 Å².